The van der Waals surface area contributed by atoms with E-state index in [1.54, 1.807) is 6.07 Å². The Bertz CT molecular complexity index is 491. The normalized spacial score (nSPS) is 26.3. The Labute approximate surface area is 117 Å². The maximum Gasteiger partial charge on any atom is 0.250 e. The Hall–Kier alpha value is -1.26. The van der Waals surface area contributed by atoms with Gasteiger partial charge in [0.15, 0.2) is 0 Å². The third-order valence-electron chi connectivity index (χ3n) is 4.18. The zero-order valence-electron chi connectivity index (χ0n) is 10.7. The van der Waals surface area contributed by atoms with E-state index in [4.69, 9.17) is 17.3 Å². The van der Waals surface area contributed by atoms with E-state index in [0.29, 0.717) is 16.6 Å². The molecule has 102 valence electrons. The van der Waals surface area contributed by atoms with Crippen LogP contribution in [0, 0.1) is 5.92 Å². The van der Waals surface area contributed by atoms with Crippen LogP contribution in [0.4, 0.5) is 5.69 Å². The van der Waals surface area contributed by atoms with Crippen molar-refractivity contribution in [1.82, 2.24) is 5.32 Å². The van der Waals surface area contributed by atoms with Crippen molar-refractivity contribution in [2.45, 2.75) is 18.9 Å². The Morgan fingerprint density at radius 3 is 2.95 bits per heavy atom. The quantitative estimate of drug-likeness (QED) is 0.865. The van der Waals surface area contributed by atoms with Gasteiger partial charge in [0.2, 0.25) is 5.91 Å². The minimum absolute atomic E-state index is 0.389. The van der Waals surface area contributed by atoms with Gasteiger partial charge < -0.3 is 16.0 Å². The number of amides is 1. The van der Waals surface area contributed by atoms with E-state index in [2.05, 4.69) is 10.2 Å². The van der Waals surface area contributed by atoms with Gasteiger partial charge in [-0.05, 0) is 43.5 Å². The summed E-state index contributed by atoms with van der Waals surface area (Å²) in [5.74, 6) is 0.247. The number of anilines is 1. The van der Waals surface area contributed by atoms with Crippen LogP contribution in [0.15, 0.2) is 18.2 Å². The highest BCUT2D eigenvalue weighted by atomic mass is 35.5. The monoisotopic (exact) mass is 279 g/mol. The number of carbonyl (C=O) groups excluding carboxylic acids is 1. The maximum absolute atomic E-state index is 11.2. The van der Waals surface area contributed by atoms with Crippen LogP contribution in [0.5, 0.6) is 0 Å². The molecule has 2 saturated heterocycles. The molecule has 0 radical (unpaired) electrons. The van der Waals surface area contributed by atoms with Crippen molar-refractivity contribution in [3.8, 4) is 0 Å². The second kappa shape index (κ2) is 5.02. The third-order valence-corrected chi connectivity index (χ3v) is 4.50. The van der Waals surface area contributed by atoms with Gasteiger partial charge in [-0.15, -0.1) is 0 Å². The lowest BCUT2D eigenvalue weighted by molar-refractivity contribution is 0.100. The minimum atomic E-state index is -0.478. The molecule has 1 aromatic rings. The number of hydrogen-bond acceptors (Lipinski definition) is 3. The fourth-order valence-corrected chi connectivity index (χ4v) is 3.43. The molecule has 0 bridgehead atoms. The molecule has 5 heteroatoms. The Morgan fingerprint density at radius 1 is 1.42 bits per heavy atom. The second-order valence-corrected chi connectivity index (χ2v) is 5.80. The van der Waals surface area contributed by atoms with Crippen molar-refractivity contribution >= 4 is 23.2 Å². The molecule has 4 nitrogen and oxygen atoms in total. The number of benzene rings is 1. The molecule has 0 aliphatic carbocycles. The summed E-state index contributed by atoms with van der Waals surface area (Å²) in [6.07, 6.45) is 2.55. The SMILES string of the molecule is NC(=O)c1ccc(N2CC3CCCNC3C2)cc1Cl. The van der Waals surface area contributed by atoms with Crippen LogP contribution in [0.3, 0.4) is 0 Å². The number of fused-ring (bicyclic) bond motifs is 1. The van der Waals surface area contributed by atoms with Crippen LogP contribution >= 0.6 is 11.6 Å². The molecule has 2 heterocycles. The van der Waals surface area contributed by atoms with Gasteiger partial charge in [-0.3, -0.25) is 4.79 Å². The number of primary amides is 1. The van der Waals surface area contributed by atoms with Crippen LogP contribution in [0.2, 0.25) is 5.02 Å². The smallest absolute Gasteiger partial charge is 0.250 e. The first-order chi connectivity index (χ1) is 9.15. The van der Waals surface area contributed by atoms with Crippen LogP contribution in [-0.2, 0) is 0 Å². The zero-order valence-corrected chi connectivity index (χ0v) is 11.5. The number of hydrogen-bond donors (Lipinski definition) is 2. The van der Waals surface area contributed by atoms with Crippen molar-refractivity contribution in [2.24, 2.45) is 11.7 Å². The van der Waals surface area contributed by atoms with Crippen LogP contribution in [0.1, 0.15) is 23.2 Å². The van der Waals surface area contributed by atoms with Gasteiger partial charge in [-0.1, -0.05) is 11.6 Å². The first-order valence-corrected chi connectivity index (χ1v) is 7.10. The van der Waals surface area contributed by atoms with Gasteiger partial charge in [-0.25, -0.2) is 0 Å². The molecule has 1 aromatic carbocycles. The molecule has 3 rings (SSSR count). The van der Waals surface area contributed by atoms with Gasteiger partial charge in [0.25, 0.3) is 0 Å². The largest absolute Gasteiger partial charge is 0.370 e. The first kappa shape index (κ1) is 12.8. The molecule has 1 amide bonds. The van der Waals surface area contributed by atoms with Crippen molar-refractivity contribution in [3.63, 3.8) is 0 Å². The molecule has 19 heavy (non-hydrogen) atoms. The molecule has 0 spiro atoms. The molecule has 2 fully saturated rings. The predicted octanol–water partition coefficient (Wildman–Crippen LogP) is 1.63. The van der Waals surface area contributed by atoms with Gasteiger partial charge in [0.05, 0.1) is 10.6 Å². The summed E-state index contributed by atoms with van der Waals surface area (Å²) in [4.78, 5) is 13.5. The van der Waals surface area contributed by atoms with Crippen molar-refractivity contribution in [3.05, 3.63) is 28.8 Å². The summed E-state index contributed by atoms with van der Waals surface area (Å²) >= 11 is 6.11. The summed E-state index contributed by atoms with van der Waals surface area (Å²) in [6.45, 7) is 3.19. The molecule has 2 aliphatic rings. The molecule has 2 aliphatic heterocycles. The lowest BCUT2D eigenvalue weighted by Gasteiger charge is -2.24. The molecule has 0 aromatic heterocycles. The molecule has 3 N–H and O–H groups in total. The van der Waals surface area contributed by atoms with E-state index < -0.39 is 5.91 Å². The summed E-state index contributed by atoms with van der Waals surface area (Å²) in [7, 11) is 0. The Balaban J connectivity index is 1.80. The molecule has 2 unspecified atom stereocenters. The number of nitrogens with zero attached hydrogens (tertiary/aromatic N) is 1. The highest BCUT2D eigenvalue weighted by Gasteiger charge is 2.34. The fourth-order valence-electron chi connectivity index (χ4n) is 3.16. The standard InChI is InChI=1S/C14H18ClN3O/c15-12-6-10(3-4-11(12)14(16)19)18-7-9-2-1-5-17-13(9)8-18/h3-4,6,9,13,17H,1-2,5,7-8H2,(H2,16,19). The number of nitrogens with one attached hydrogen (secondary N) is 1. The number of nitrogens with two attached hydrogens (primary N) is 1. The highest BCUT2D eigenvalue weighted by Crippen LogP contribution is 2.31. The number of rotatable bonds is 2. The van der Waals surface area contributed by atoms with Crippen LogP contribution in [-0.4, -0.2) is 31.6 Å². The summed E-state index contributed by atoms with van der Waals surface area (Å²) in [6, 6.07) is 6.08. The first-order valence-electron chi connectivity index (χ1n) is 6.73. The molecular weight excluding hydrogens is 262 g/mol. The van der Waals surface area contributed by atoms with Crippen molar-refractivity contribution in [1.29, 1.82) is 0 Å². The molecular formula is C14H18ClN3O. The van der Waals surface area contributed by atoms with Gasteiger partial charge in [0, 0.05) is 24.8 Å². The lowest BCUT2D eigenvalue weighted by Crippen LogP contribution is -2.40. The predicted molar refractivity (Wildman–Crippen MR) is 76.7 cm³/mol. The Morgan fingerprint density at radius 2 is 2.26 bits per heavy atom. The van der Waals surface area contributed by atoms with E-state index in [1.807, 2.05) is 12.1 Å². The van der Waals surface area contributed by atoms with E-state index in [-0.39, 0.29) is 0 Å². The second-order valence-electron chi connectivity index (χ2n) is 5.40. The summed E-state index contributed by atoms with van der Waals surface area (Å²) in [5.41, 5.74) is 6.73. The number of piperidine rings is 1. The molecule has 2 atom stereocenters. The van der Waals surface area contributed by atoms with Gasteiger partial charge in [0.1, 0.15) is 0 Å². The third kappa shape index (κ3) is 2.42. The minimum Gasteiger partial charge on any atom is -0.370 e. The summed E-state index contributed by atoms with van der Waals surface area (Å²) in [5, 5.41) is 4.01. The van der Waals surface area contributed by atoms with Crippen molar-refractivity contribution < 1.29 is 4.79 Å². The van der Waals surface area contributed by atoms with Crippen LogP contribution in [0.25, 0.3) is 0 Å². The number of carbonyl (C=O) groups is 1. The highest BCUT2D eigenvalue weighted by molar-refractivity contribution is 6.34. The van der Waals surface area contributed by atoms with E-state index in [0.717, 1.165) is 31.2 Å². The van der Waals surface area contributed by atoms with E-state index >= 15 is 0 Å². The van der Waals surface area contributed by atoms with Gasteiger partial charge >= 0.3 is 0 Å². The molecule has 0 saturated carbocycles. The summed E-state index contributed by atoms with van der Waals surface area (Å²) < 4.78 is 0. The lowest BCUT2D eigenvalue weighted by atomic mass is 9.94. The van der Waals surface area contributed by atoms with Crippen molar-refractivity contribution in [2.75, 3.05) is 24.5 Å². The van der Waals surface area contributed by atoms with E-state index in [9.17, 15) is 4.79 Å². The maximum atomic E-state index is 11.2. The fraction of sp³-hybridized carbons (Fsp3) is 0.500. The zero-order chi connectivity index (χ0) is 13.4. The number of halogens is 1. The topological polar surface area (TPSA) is 58.4 Å². The van der Waals surface area contributed by atoms with Crippen LogP contribution < -0.4 is 16.0 Å². The Kier molecular flexibility index (Phi) is 3.37. The average molecular weight is 280 g/mol. The van der Waals surface area contributed by atoms with E-state index in [1.165, 1.54) is 12.8 Å². The average Bonchev–Trinajstić information content (AvgIpc) is 2.81. The van der Waals surface area contributed by atoms with Gasteiger partial charge in [-0.2, -0.15) is 0 Å².